The van der Waals surface area contributed by atoms with Crippen LogP contribution in [-0.4, -0.2) is 15.0 Å². The standard InChI is InChI=1S/C17H18Se/c1-3-8-14(9-4-1)16-12-7-13-17(18-16)15-10-5-2-6-11-15/h1-6,8-11,16-17H,7,12-13H2. The molecule has 0 saturated carbocycles. The van der Waals surface area contributed by atoms with Crippen LogP contribution in [0.25, 0.3) is 0 Å². The van der Waals surface area contributed by atoms with Gasteiger partial charge in [0.15, 0.2) is 0 Å². The van der Waals surface area contributed by atoms with Crippen molar-refractivity contribution in [3.05, 3.63) is 71.8 Å². The first-order chi connectivity index (χ1) is 8.93. The summed E-state index contributed by atoms with van der Waals surface area (Å²) < 4.78 is 0. The Labute approximate surface area is 116 Å². The van der Waals surface area contributed by atoms with Gasteiger partial charge in [-0.25, -0.2) is 0 Å². The third-order valence-electron chi connectivity index (χ3n) is 3.60. The number of hydrogen-bond donors (Lipinski definition) is 0. The summed E-state index contributed by atoms with van der Waals surface area (Å²) >= 11 is 0.695. The molecule has 18 heavy (non-hydrogen) atoms. The second-order valence-corrected chi connectivity index (χ2v) is 7.82. The minimum absolute atomic E-state index is 0.695. The van der Waals surface area contributed by atoms with E-state index in [0.717, 1.165) is 9.63 Å². The molecule has 0 spiro atoms. The van der Waals surface area contributed by atoms with Gasteiger partial charge in [0.2, 0.25) is 0 Å². The zero-order valence-electron chi connectivity index (χ0n) is 10.5. The fraction of sp³-hybridized carbons (Fsp3) is 0.294. The molecule has 2 aromatic carbocycles. The molecule has 1 heteroatoms. The second-order valence-electron chi connectivity index (χ2n) is 4.87. The topological polar surface area (TPSA) is 0 Å². The summed E-state index contributed by atoms with van der Waals surface area (Å²) in [5, 5.41) is 0. The number of hydrogen-bond acceptors (Lipinski definition) is 0. The molecule has 0 amide bonds. The van der Waals surface area contributed by atoms with Crippen LogP contribution in [0, 0.1) is 0 Å². The second kappa shape index (κ2) is 5.73. The Morgan fingerprint density at radius 3 is 1.56 bits per heavy atom. The zero-order valence-corrected chi connectivity index (χ0v) is 12.2. The number of benzene rings is 2. The van der Waals surface area contributed by atoms with E-state index in [2.05, 4.69) is 60.7 Å². The molecule has 0 nitrogen and oxygen atoms in total. The molecule has 0 radical (unpaired) electrons. The molecule has 92 valence electrons. The molecule has 1 aliphatic heterocycles. The molecule has 0 N–H and O–H groups in total. The predicted molar refractivity (Wildman–Crippen MR) is 78.0 cm³/mol. The molecule has 1 fully saturated rings. The van der Waals surface area contributed by atoms with Gasteiger partial charge in [-0.15, -0.1) is 0 Å². The molecular weight excluding hydrogens is 283 g/mol. The fourth-order valence-corrected chi connectivity index (χ4v) is 6.07. The Bertz CT molecular complexity index is 432. The van der Waals surface area contributed by atoms with Crippen molar-refractivity contribution >= 4 is 15.0 Å². The van der Waals surface area contributed by atoms with E-state index in [1.807, 2.05) is 0 Å². The van der Waals surface area contributed by atoms with E-state index in [1.54, 1.807) is 11.1 Å². The molecular formula is C17H18Se. The Kier molecular flexibility index (Phi) is 3.83. The van der Waals surface area contributed by atoms with E-state index < -0.39 is 0 Å². The van der Waals surface area contributed by atoms with Gasteiger partial charge >= 0.3 is 116 Å². The van der Waals surface area contributed by atoms with Crippen molar-refractivity contribution in [2.75, 3.05) is 0 Å². The van der Waals surface area contributed by atoms with Crippen LogP contribution in [0.15, 0.2) is 60.7 Å². The Balaban J connectivity index is 1.77. The van der Waals surface area contributed by atoms with Gasteiger partial charge < -0.3 is 0 Å². The van der Waals surface area contributed by atoms with Gasteiger partial charge in [0, 0.05) is 0 Å². The van der Waals surface area contributed by atoms with Gasteiger partial charge in [-0.05, 0) is 0 Å². The molecule has 2 atom stereocenters. The van der Waals surface area contributed by atoms with Gasteiger partial charge in [0.05, 0.1) is 0 Å². The molecule has 3 rings (SSSR count). The average Bonchev–Trinajstić information content (AvgIpc) is 2.49. The van der Waals surface area contributed by atoms with Crippen LogP contribution in [0.1, 0.15) is 40.0 Å². The molecule has 0 aromatic heterocycles. The van der Waals surface area contributed by atoms with Gasteiger partial charge in [-0.1, -0.05) is 0 Å². The van der Waals surface area contributed by atoms with Crippen LogP contribution in [-0.2, 0) is 0 Å². The maximum atomic E-state index is 2.31. The molecule has 2 unspecified atom stereocenters. The number of rotatable bonds is 2. The summed E-state index contributed by atoms with van der Waals surface area (Å²) in [6.07, 6.45) is 4.14. The monoisotopic (exact) mass is 302 g/mol. The summed E-state index contributed by atoms with van der Waals surface area (Å²) in [5.41, 5.74) is 3.11. The SMILES string of the molecule is c1ccc(C2CCCC(c3ccccc3)[Se]2)cc1. The maximum absolute atomic E-state index is 2.31. The van der Waals surface area contributed by atoms with Crippen molar-refractivity contribution in [2.24, 2.45) is 0 Å². The van der Waals surface area contributed by atoms with Crippen molar-refractivity contribution in [2.45, 2.75) is 28.9 Å². The van der Waals surface area contributed by atoms with Gasteiger partial charge in [0.25, 0.3) is 0 Å². The Hall–Kier alpha value is -1.04. The summed E-state index contributed by atoms with van der Waals surface area (Å²) in [6.45, 7) is 0. The third kappa shape index (κ3) is 2.68. The summed E-state index contributed by atoms with van der Waals surface area (Å²) in [7, 11) is 0. The summed E-state index contributed by atoms with van der Waals surface area (Å²) in [6, 6.07) is 22.2. The Morgan fingerprint density at radius 1 is 0.667 bits per heavy atom. The third-order valence-corrected chi connectivity index (χ3v) is 7.11. The first-order valence-corrected chi connectivity index (χ1v) is 8.66. The summed E-state index contributed by atoms with van der Waals surface area (Å²) in [5.74, 6) is 0. The first kappa shape index (κ1) is 12.0. The normalized spacial score (nSPS) is 23.8. The predicted octanol–water partition coefficient (Wildman–Crippen LogP) is 4.36. The van der Waals surface area contributed by atoms with Gasteiger partial charge in [-0.2, -0.15) is 0 Å². The molecule has 1 saturated heterocycles. The first-order valence-electron chi connectivity index (χ1n) is 6.69. The van der Waals surface area contributed by atoms with E-state index in [1.165, 1.54) is 19.3 Å². The zero-order chi connectivity index (χ0) is 12.2. The molecule has 1 heterocycles. The van der Waals surface area contributed by atoms with Crippen molar-refractivity contribution in [1.29, 1.82) is 0 Å². The molecule has 0 aliphatic carbocycles. The summed E-state index contributed by atoms with van der Waals surface area (Å²) in [4.78, 5) is 1.63. The fourth-order valence-electron chi connectivity index (χ4n) is 2.65. The molecule has 2 aromatic rings. The van der Waals surface area contributed by atoms with Crippen LogP contribution < -0.4 is 0 Å². The van der Waals surface area contributed by atoms with E-state index in [-0.39, 0.29) is 0 Å². The minimum atomic E-state index is 0.695. The van der Waals surface area contributed by atoms with E-state index in [0.29, 0.717) is 15.0 Å². The Morgan fingerprint density at radius 2 is 1.11 bits per heavy atom. The molecule has 1 aliphatic rings. The van der Waals surface area contributed by atoms with E-state index in [9.17, 15) is 0 Å². The van der Waals surface area contributed by atoms with Gasteiger partial charge in [-0.3, -0.25) is 0 Å². The van der Waals surface area contributed by atoms with Crippen LogP contribution >= 0.6 is 0 Å². The van der Waals surface area contributed by atoms with Crippen molar-refractivity contribution < 1.29 is 0 Å². The van der Waals surface area contributed by atoms with Crippen molar-refractivity contribution in [3.63, 3.8) is 0 Å². The van der Waals surface area contributed by atoms with Crippen LogP contribution in [0.5, 0.6) is 0 Å². The quantitative estimate of drug-likeness (QED) is 0.723. The van der Waals surface area contributed by atoms with Gasteiger partial charge in [0.1, 0.15) is 0 Å². The average molecular weight is 301 g/mol. The van der Waals surface area contributed by atoms with Crippen LogP contribution in [0.4, 0.5) is 0 Å². The van der Waals surface area contributed by atoms with Crippen molar-refractivity contribution in [1.82, 2.24) is 0 Å². The van der Waals surface area contributed by atoms with Crippen LogP contribution in [0.3, 0.4) is 0 Å². The van der Waals surface area contributed by atoms with E-state index >= 15 is 0 Å². The molecule has 0 bridgehead atoms. The van der Waals surface area contributed by atoms with E-state index in [4.69, 9.17) is 0 Å². The van der Waals surface area contributed by atoms with Crippen LogP contribution in [0.2, 0.25) is 0 Å². The van der Waals surface area contributed by atoms with Crippen molar-refractivity contribution in [3.8, 4) is 0 Å².